The zero-order chi connectivity index (χ0) is 15.9. The lowest BCUT2D eigenvalue weighted by Gasteiger charge is -2.09. The molecule has 116 valence electrons. The van der Waals surface area contributed by atoms with Crippen molar-refractivity contribution in [2.45, 2.75) is 31.6 Å². The predicted molar refractivity (Wildman–Crippen MR) is 79.6 cm³/mol. The van der Waals surface area contributed by atoms with Gasteiger partial charge in [0.15, 0.2) is 0 Å². The van der Waals surface area contributed by atoms with Crippen molar-refractivity contribution in [3.63, 3.8) is 0 Å². The van der Waals surface area contributed by atoms with Gasteiger partial charge in [-0.15, -0.1) is 0 Å². The molecule has 0 aliphatic rings. The third-order valence-corrected chi connectivity index (χ3v) is 4.28. The second-order valence-corrected chi connectivity index (χ2v) is 6.77. The van der Waals surface area contributed by atoms with Gasteiger partial charge in [-0.05, 0) is 37.0 Å². The van der Waals surface area contributed by atoms with Gasteiger partial charge in [0.2, 0.25) is 10.0 Å². The lowest BCUT2D eigenvalue weighted by Crippen LogP contribution is -2.26. The van der Waals surface area contributed by atoms with E-state index in [0.29, 0.717) is 17.9 Å². The van der Waals surface area contributed by atoms with Crippen LogP contribution in [-0.2, 0) is 10.0 Å². The largest absolute Gasteiger partial charge is 0.384 e. The molecule has 1 aromatic rings. The summed E-state index contributed by atoms with van der Waals surface area (Å²) in [6.07, 6.45) is 1.61. The van der Waals surface area contributed by atoms with Gasteiger partial charge in [0, 0.05) is 12.1 Å². The minimum Gasteiger partial charge on any atom is -0.384 e. The molecule has 0 fully saturated rings. The van der Waals surface area contributed by atoms with E-state index in [1.807, 2.05) is 0 Å². The van der Waals surface area contributed by atoms with E-state index >= 15 is 0 Å². The number of benzene rings is 1. The summed E-state index contributed by atoms with van der Waals surface area (Å²) in [5, 5.41) is 8.57. The summed E-state index contributed by atoms with van der Waals surface area (Å²) >= 11 is 0. The Morgan fingerprint density at radius 1 is 1.38 bits per heavy atom. The van der Waals surface area contributed by atoms with Crippen molar-refractivity contribution < 1.29 is 17.9 Å². The molecule has 2 N–H and O–H groups in total. The first-order valence-corrected chi connectivity index (χ1v) is 8.24. The monoisotopic (exact) mass is 313 g/mol. The van der Waals surface area contributed by atoms with Crippen LogP contribution in [-0.4, -0.2) is 26.7 Å². The minimum absolute atomic E-state index is 0.284. The number of aliphatic hydroxyl groups excluding tert-OH is 1. The van der Waals surface area contributed by atoms with Crippen LogP contribution >= 0.6 is 0 Å². The molecular formula is C15H20FNO3S. The number of hydrogen-bond donors (Lipinski definition) is 2. The summed E-state index contributed by atoms with van der Waals surface area (Å²) in [6.45, 7) is 4.06. The zero-order valence-corrected chi connectivity index (χ0v) is 13.0. The smallest absolute Gasteiger partial charge is 0.243 e. The Bertz CT molecular complexity index is 630. The van der Waals surface area contributed by atoms with Gasteiger partial charge in [-0.1, -0.05) is 25.7 Å². The van der Waals surface area contributed by atoms with Gasteiger partial charge < -0.3 is 5.11 Å². The van der Waals surface area contributed by atoms with Crippen LogP contribution in [0.4, 0.5) is 4.39 Å². The van der Waals surface area contributed by atoms with Gasteiger partial charge >= 0.3 is 0 Å². The fourth-order valence-electron chi connectivity index (χ4n) is 1.73. The van der Waals surface area contributed by atoms with Crippen molar-refractivity contribution in [1.29, 1.82) is 0 Å². The molecule has 0 aromatic heterocycles. The number of sulfonamides is 1. The van der Waals surface area contributed by atoms with Gasteiger partial charge in [0.25, 0.3) is 0 Å². The molecule has 0 saturated heterocycles. The lowest BCUT2D eigenvalue weighted by atomic mass is 10.1. The molecule has 0 radical (unpaired) electrons. The Kier molecular flexibility index (Phi) is 6.82. The van der Waals surface area contributed by atoms with Gasteiger partial charge in [-0.2, -0.15) is 0 Å². The quantitative estimate of drug-likeness (QED) is 0.622. The molecule has 4 nitrogen and oxygen atoms in total. The van der Waals surface area contributed by atoms with Crippen LogP contribution in [0.25, 0.3) is 0 Å². The van der Waals surface area contributed by atoms with E-state index in [1.54, 1.807) is 0 Å². The number of nitrogens with one attached hydrogen (secondary N) is 1. The first-order chi connectivity index (χ1) is 9.86. The van der Waals surface area contributed by atoms with Crippen LogP contribution in [0, 0.1) is 23.6 Å². The molecule has 1 rings (SSSR count). The zero-order valence-electron chi connectivity index (χ0n) is 12.2. The molecule has 21 heavy (non-hydrogen) atoms. The summed E-state index contributed by atoms with van der Waals surface area (Å²) in [7, 11) is -3.85. The van der Waals surface area contributed by atoms with Gasteiger partial charge in [0.05, 0.1) is 0 Å². The van der Waals surface area contributed by atoms with Gasteiger partial charge in [0.1, 0.15) is 17.3 Å². The molecule has 0 spiro atoms. The molecule has 6 heteroatoms. The van der Waals surface area contributed by atoms with Crippen LogP contribution < -0.4 is 4.72 Å². The first kappa shape index (κ1) is 17.6. The van der Waals surface area contributed by atoms with E-state index in [0.717, 1.165) is 12.5 Å². The maximum atomic E-state index is 13.9. The number of aliphatic hydroxyl groups is 1. The van der Waals surface area contributed by atoms with E-state index in [4.69, 9.17) is 5.11 Å². The Hall–Kier alpha value is -1.42. The molecule has 0 amide bonds. The van der Waals surface area contributed by atoms with Crippen LogP contribution in [0.15, 0.2) is 23.1 Å². The third kappa shape index (κ3) is 5.84. The summed E-state index contributed by atoms with van der Waals surface area (Å²) in [4.78, 5) is -0.387. The second kappa shape index (κ2) is 8.13. The maximum Gasteiger partial charge on any atom is 0.243 e. The van der Waals surface area contributed by atoms with E-state index in [-0.39, 0.29) is 18.0 Å². The minimum atomic E-state index is -3.85. The molecular weight excluding hydrogens is 293 g/mol. The topological polar surface area (TPSA) is 66.4 Å². The van der Waals surface area contributed by atoms with Crippen LogP contribution in [0.1, 0.15) is 32.3 Å². The van der Waals surface area contributed by atoms with E-state index in [1.165, 1.54) is 12.1 Å². The summed E-state index contributed by atoms with van der Waals surface area (Å²) < 4.78 is 40.2. The highest BCUT2D eigenvalue weighted by molar-refractivity contribution is 7.89. The Morgan fingerprint density at radius 3 is 2.67 bits per heavy atom. The molecule has 0 aliphatic carbocycles. The summed E-state index contributed by atoms with van der Waals surface area (Å²) in [5.74, 6) is 4.54. The van der Waals surface area contributed by atoms with Crippen molar-refractivity contribution in [1.82, 2.24) is 4.72 Å². The highest BCUT2D eigenvalue weighted by Crippen LogP contribution is 2.16. The number of hydrogen-bond acceptors (Lipinski definition) is 3. The van der Waals surface area contributed by atoms with Crippen LogP contribution in [0.2, 0.25) is 0 Å². The van der Waals surface area contributed by atoms with Gasteiger partial charge in [-0.3, -0.25) is 0 Å². The highest BCUT2D eigenvalue weighted by atomic mass is 32.2. The fraction of sp³-hybridized carbons (Fsp3) is 0.467. The van der Waals surface area contributed by atoms with E-state index < -0.39 is 15.8 Å². The third-order valence-electron chi connectivity index (χ3n) is 2.78. The molecule has 0 heterocycles. The Labute approximate surface area is 125 Å². The van der Waals surface area contributed by atoms with E-state index in [2.05, 4.69) is 30.4 Å². The molecule has 0 saturated carbocycles. The van der Waals surface area contributed by atoms with Crippen LogP contribution in [0.5, 0.6) is 0 Å². The van der Waals surface area contributed by atoms with Crippen molar-refractivity contribution in [2.24, 2.45) is 5.92 Å². The molecule has 0 aliphatic heterocycles. The molecule has 1 aromatic carbocycles. The van der Waals surface area contributed by atoms with Crippen molar-refractivity contribution >= 4 is 10.0 Å². The SMILES string of the molecule is CC(C)CCCNS(=O)(=O)c1ccc(C#CCO)cc1F. The molecule has 0 unspecified atom stereocenters. The summed E-state index contributed by atoms with van der Waals surface area (Å²) in [5.41, 5.74) is 0.320. The van der Waals surface area contributed by atoms with Crippen molar-refractivity contribution in [3.05, 3.63) is 29.6 Å². The first-order valence-electron chi connectivity index (χ1n) is 6.75. The maximum absolute atomic E-state index is 13.9. The van der Waals surface area contributed by atoms with Crippen molar-refractivity contribution in [3.8, 4) is 11.8 Å². The molecule has 0 bridgehead atoms. The Balaban J connectivity index is 2.79. The molecule has 0 atom stereocenters. The fourth-order valence-corrected chi connectivity index (χ4v) is 2.86. The Morgan fingerprint density at radius 2 is 2.10 bits per heavy atom. The number of halogens is 1. The van der Waals surface area contributed by atoms with Crippen molar-refractivity contribution in [2.75, 3.05) is 13.2 Å². The number of rotatable bonds is 6. The highest BCUT2D eigenvalue weighted by Gasteiger charge is 2.18. The average Bonchev–Trinajstić information content (AvgIpc) is 2.41. The van der Waals surface area contributed by atoms with Crippen LogP contribution in [0.3, 0.4) is 0 Å². The standard InChI is InChI=1S/C15H20FNO3S/c1-12(2)5-3-9-17-21(19,20)15-8-7-13(6-4-10-18)11-14(15)16/h7-8,11-12,17-18H,3,5,9-10H2,1-2H3. The van der Waals surface area contributed by atoms with Gasteiger partial charge in [-0.25, -0.2) is 17.5 Å². The lowest BCUT2D eigenvalue weighted by molar-refractivity contribution is 0.350. The van der Waals surface area contributed by atoms with E-state index in [9.17, 15) is 12.8 Å². The second-order valence-electron chi connectivity index (χ2n) is 5.04. The summed E-state index contributed by atoms with van der Waals surface area (Å²) in [6, 6.07) is 3.64. The average molecular weight is 313 g/mol. The normalized spacial score (nSPS) is 11.3. The predicted octanol–water partition coefficient (Wildman–Crippen LogP) is 1.88.